The molecule has 0 bridgehead atoms. The number of hydrogen-bond acceptors (Lipinski definition) is 26. The molecular formula is C44H62N4O28. The summed E-state index contributed by atoms with van der Waals surface area (Å²) in [6, 6.07) is 4.14. The van der Waals surface area contributed by atoms with Crippen molar-refractivity contribution >= 4 is 46.9 Å². The van der Waals surface area contributed by atoms with Crippen molar-refractivity contribution in [2.45, 2.75) is 123 Å². The number of rotatable bonds is 24. The fourth-order valence-electron chi connectivity index (χ4n) is 8.13. The number of carbonyl (C=O) groups is 6. The average molecular weight is 1090 g/mol. The number of aliphatic carboxylic acids is 2. The molecule has 16 N–H and O–H groups in total. The lowest BCUT2D eigenvalue weighted by Crippen LogP contribution is -2.66. The molecule has 4 heterocycles. The van der Waals surface area contributed by atoms with Crippen molar-refractivity contribution in [1.29, 1.82) is 0 Å². The number of aliphatic hydroxyl groups is 12. The van der Waals surface area contributed by atoms with Crippen LogP contribution in [0, 0.1) is 0 Å². The van der Waals surface area contributed by atoms with Crippen molar-refractivity contribution in [1.82, 2.24) is 10.6 Å². The molecule has 4 fully saturated rings. The lowest BCUT2D eigenvalue weighted by molar-refractivity contribution is -0.354. The van der Waals surface area contributed by atoms with E-state index in [1.807, 2.05) is 10.6 Å². The van der Waals surface area contributed by atoms with E-state index in [2.05, 4.69) is 13.2 Å². The third-order valence-corrected chi connectivity index (χ3v) is 12.1. The van der Waals surface area contributed by atoms with Crippen LogP contribution in [0.3, 0.4) is 0 Å². The molecule has 20 atom stereocenters. The molecule has 0 aromatic heterocycles. The minimum absolute atomic E-state index is 0.318. The summed E-state index contributed by atoms with van der Waals surface area (Å²) >= 11 is 0. The molecule has 0 saturated carbocycles. The third-order valence-electron chi connectivity index (χ3n) is 12.1. The minimum Gasteiger partial charge on any atom is -0.480 e. The Balaban J connectivity index is 1.52. The number of carbonyl (C=O) groups excluding carboxylic acids is 4. The van der Waals surface area contributed by atoms with Crippen molar-refractivity contribution in [3.8, 4) is 0 Å². The van der Waals surface area contributed by atoms with Crippen molar-refractivity contribution in [3.63, 3.8) is 0 Å². The van der Waals surface area contributed by atoms with E-state index in [9.17, 15) is 100 Å². The lowest BCUT2D eigenvalue weighted by Gasteiger charge is -2.46. The number of carboxylic acids is 2. The zero-order chi connectivity index (χ0) is 56.3. The topological polar surface area (TPSA) is 490 Å². The van der Waals surface area contributed by atoms with E-state index in [1.165, 1.54) is 12.2 Å². The van der Waals surface area contributed by atoms with Crippen LogP contribution in [0.1, 0.15) is 0 Å². The van der Waals surface area contributed by atoms with Gasteiger partial charge in [-0.15, -0.1) is 13.2 Å². The first-order valence-electron chi connectivity index (χ1n) is 23.1. The van der Waals surface area contributed by atoms with Gasteiger partial charge in [0, 0.05) is 11.4 Å². The van der Waals surface area contributed by atoms with Crippen LogP contribution < -0.4 is 20.4 Å². The predicted octanol–water partition coefficient (Wildman–Crippen LogP) is -9.58. The Morgan fingerprint density at radius 1 is 0.500 bits per heavy atom. The van der Waals surface area contributed by atoms with E-state index >= 15 is 0 Å². The predicted molar refractivity (Wildman–Crippen MR) is 243 cm³/mol. The SMILES string of the molecule is C=CCO[C@@H]1O[C@H](C(=O)N(CC(=O)NCC(=O)O)c2ccc(N(CC(=O)NCC(=O)O)C(=O)[C@H]3O[C@@H](OCC=C)[C@H](O)[C@@H](O[C@H]4O[C@H](CO)[C@@H](O)[C@H](O)[C@@H]4O)[C@@H]3O)cc2)[C@@H](O)[C@H](O[C@H]2O[C@H](CO)[C@@H](O)[C@H](O)[C@@H]2O)[C@H]1O. The quantitative estimate of drug-likeness (QED) is 0.0428. The van der Waals surface area contributed by atoms with Gasteiger partial charge in [-0.1, -0.05) is 12.2 Å². The lowest BCUT2D eigenvalue weighted by atomic mass is 9.95. The second-order valence-corrected chi connectivity index (χ2v) is 17.4. The fourth-order valence-corrected chi connectivity index (χ4v) is 8.13. The van der Waals surface area contributed by atoms with Gasteiger partial charge in [-0.25, -0.2) is 0 Å². The van der Waals surface area contributed by atoms with Gasteiger partial charge in [0.2, 0.25) is 11.8 Å². The molecule has 32 nitrogen and oxygen atoms in total. The first-order chi connectivity index (χ1) is 36.0. The average Bonchev–Trinajstić information content (AvgIpc) is 3.39. The normalized spacial score (nSPS) is 35.5. The maximum atomic E-state index is 14.7. The van der Waals surface area contributed by atoms with E-state index in [-0.39, 0.29) is 24.6 Å². The fraction of sp³-hybridized carbons (Fsp3) is 0.636. The number of carboxylic acid groups (broad SMARTS) is 2. The molecule has 0 radical (unpaired) electrons. The molecule has 1 aromatic carbocycles. The molecule has 426 valence electrons. The van der Waals surface area contributed by atoms with Crippen LogP contribution in [-0.2, 0) is 66.7 Å². The molecule has 0 aliphatic carbocycles. The molecular weight excluding hydrogens is 1030 g/mol. The van der Waals surface area contributed by atoms with Crippen molar-refractivity contribution in [2.24, 2.45) is 0 Å². The minimum atomic E-state index is -2.30. The molecule has 1 aromatic rings. The third kappa shape index (κ3) is 14.6. The van der Waals surface area contributed by atoms with Gasteiger partial charge in [-0.05, 0) is 24.3 Å². The summed E-state index contributed by atoms with van der Waals surface area (Å²) < 4.78 is 44.4. The van der Waals surface area contributed by atoms with Crippen LogP contribution in [0.2, 0.25) is 0 Å². The van der Waals surface area contributed by atoms with Crippen LogP contribution in [0.4, 0.5) is 11.4 Å². The van der Waals surface area contributed by atoms with Crippen LogP contribution in [0.5, 0.6) is 0 Å². The summed E-state index contributed by atoms with van der Waals surface area (Å²) in [5.74, 6) is -7.97. The summed E-state index contributed by atoms with van der Waals surface area (Å²) in [7, 11) is 0. The van der Waals surface area contributed by atoms with E-state index < -0.39 is 198 Å². The summed E-state index contributed by atoms with van der Waals surface area (Å²) in [5.41, 5.74) is -0.636. The van der Waals surface area contributed by atoms with E-state index in [1.54, 1.807) is 0 Å². The zero-order valence-electron chi connectivity index (χ0n) is 40.0. The largest absolute Gasteiger partial charge is 0.480 e. The van der Waals surface area contributed by atoms with Crippen molar-refractivity contribution in [2.75, 3.05) is 62.4 Å². The van der Waals surface area contributed by atoms with Crippen LogP contribution in [0.15, 0.2) is 49.6 Å². The molecule has 4 aliphatic heterocycles. The van der Waals surface area contributed by atoms with Gasteiger partial charge in [0.25, 0.3) is 11.8 Å². The number of nitrogens with one attached hydrogen (secondary N) is 2. The van der Waals surface area contributed by atoms with Gasteiger partial charge in [-0.2, -0.15) is 0 Å². The Kier molecular flexibility index (Phi) is 22.6. The summed E-state index contributed by atoms with van der Waals surface area (Å²) in [4.78, 5) is 79.7. The van der Waals surface area contributed by atoms with Gasteiger partial charge in [0.05, 0.1) is 26.4 Å². The highest BCUT2D eigenvalue weighted by Gasteiger charge is 2.55. The Morgan fingerprint density at radius 2 is 0.842 bits per heavy atom. The first-order valence-corrected chi connectivity index (χ1v) is 23.1. The molecule has 0 unspecified atom stereocenters. The molecule has 4 aliphatic rings. The number of benzene rings is 1. The van der Waals surface area contributed by atoms with Gasteiger partial charge in [0.1, 0.15) is 112 Å². The maximum absolute atomic E-state index is 14.7. The monoisotopic (exact) mass is 1090 g/mol. The van der Waals surface area contributed by atoms with Crippen molar-refractivity contribution < 1.29 is 138 Å². The zero-order valence-corrected chi connectivity index (χ0v) is 40.0. The number of ether oxygens (including phenoxy) is 8. The van der Waals surface area contributed by atoms with Crippen molar-refractivity contribution in [3.05, 3.63) is 49.6 Å². The van der Waals surface area contributed by atoms with E-state index in [4.69, 9.17) is 37.9 Å². The highest BCUT2D eigenvalue weighted by molar-refractivity contribution is 6.04. The number of nitrogens with zero attached hydrogens (tertiary/aromatic N) is 2. The smallest absolute Gasteiger partial charge is 0.322 e. The second-order valence-electron chi connectivity index (χ2n) is 17.4. The number of amides is 4. The Hall–Kier alpha value is -5.28. The molecule has 0 spiro atoms. The van der Waals surface area contributed by atoms with Gasteiger partial charge < -0.3 is 130 Å². The van der Waals surface area contributed by atoms with Crippen LogP contribution in [-0.4, -0.2) is 282 Å². The molecule has 4 saturated heterocycles. The summed E-state index contributed by atoms with van der Waals surface area (Å²) in [6.45, 7) is 0.387. The van der Waals surface area contributed by atoms with E-state index in [0.29, 0.717) is 9.80 Å². The number of anilines is 2. The number of hydrogen-bond donors (Lipinski definition) is 16. The maximum Gasteiger partial charge on any atom is 0.322 e. The van der Waals surface area contributed by atoms with E-state index in [0.717, 1.165) is 24.3 Å². The van der Waals surface area contributed by atoms with Gasteiger partial charge in [-0.3, -0.25) is 28.8 Å². The number of aliphatic hydroxyl groups excluding tert-OH is 12. The van der Waals surface area contributed by atoms with Gasteiger partial charge in [0.15, 0.2) is 37.4 Å². The molecule has 4 amide bonds. The first kappa shape index (κ1) is 61.6. The summed E-state index contributed by atoms with van der Waals surface area (Å²) in [5, 5.41) is 150. The Morgan fingerprint density at radius 3 is 1.14 bits per heavy atom. The van der Waals surface area contributed by atoms with Gasteiger partial charge >= 0.3 is 11.9 Å². The van der Waals surface area contributed by atoms with Crippen LogP contribution >= 0.6 is 0 Å². The second kappa shape index (κ2) is 27.9. The molecule has 32 heteroatoms. The Bertz CT molecular complexity index is 2010. The molecule has 76 heavy (non-hydrogen) atoms. The standard InChI is InChI=1S/C44H62N4O28/c1-3-9-69-41-33(65)35(73-43-29(61)27(59)25(57)19(15-49)71-43)31(63)37(75-41)39(67)47(13-21(51)45-11-23(53)54)17-5-7-18(8-6-17)48(14-22(52)46-12-24(55)56)40(68)38-32(64)36(34(66)42(76-38)70-10-4-2)74-44-30(62)28(60)26(58)20(16-50)72-44/h3-8,19-20,25-38,41-44,49-50,57-66H,1-2,9-16H2,(H,45,51)(H,46,52)(H,53,54)(H,55,56)/t19-,20-,25-,26-,27+,28+,29+,30+,31+,32+,33-,34-,35+,36+,37+,38+,41-,42-,43-,44-/m1/s1. The highest BCUT2D eigenvalue weighted by atomic mass is 16.7. The Labute approximate surface area is 430 Å². The highest BCUT2D eigenvalue weighted by Crippen LogP contribution is 2.34. The van der Waals surface area contributed by atoms with Crippen LogP contribution in [0.25, 0.3) is 0 Å². The summed E-state index contributed by atoms with van der Waals surface area (Å²) in [6.07, 6.45) is -37.5. The molecule has 5 rings (SSSR count).